The van der Waals surface area contributed by atoms with Crippen LogP contribution in [0.25, 0.3) is 0 Å². The van der Waals surface area contributed by atoms with Crippen LogP contribution < -0.4 is 11.1 Å². The van der Waals surface area contributed by atoms with E-state index in [4.69, 9.17) is 10.8 Å². The van der Waals surface area contributed by atoms with Crippen molar-refractivity contribution >= 4 is 69.5 Å². The summed E-state index contributed by atoms with van der Waals surface area (Å²) in [6, 6.07) is -0.876. The van der Waals surface area contributed by atoms with Gasteiger partial charge in [0.2, 0.25) is 12.5 Å². The predicted octanol–water partition coefficient (Wildman–Crippen LogP) is -0.635. The van der Waals surface area contributed by atoms with Crippen LogP contribution in [0.5, 0.6) is 0 Å². The van der Waals surface area contributed by atoms with E-state index in [2.05, 4.69) is 20.3 Å². The summed E-state index contributed by atoms with van der Waals surface area (Å²) in [6.07, 6.45) is 1.81. The zero-order chi connectivity index (χ0) is 22.8. The van der Waals surface area contributed by atoms with Crippen molar-refractivity contribution < 1.29 is 34.2 Å². The third-order valence-corrected chi connectivity index (χ3v) is 7.73. The minimum atomic E-state index is -1.28. The zero-order valence-corrected chi connectivity index (χ0v) is 18.6. The SMILES string of the molecule is CSCC1(C(=O)O)CS[C@@H]2C(NC(=O)C(=NOCC(=O)O)c3csc(N)n3)C(=O)N2C1. The van der Waals surface area contributed by atoms with Crippen molar-refractivity contribution in [2.24, 2.45) is 10.6 Å². The molecule has 2 fully saturated rings. The van der Waals surface area contributed by atoms with E-state index in [1.807, 2.05) is 0 Å². The van der Waals surface area contributed by atoms with E-state index < -0.39 is 47.2 Å². The second-order valence-electron chi connectivity index (χ2n) is 6.82. The van der Waals surface area contributed by atoms with Gasteiger partial charge in [-0.1, -0.05) is 5.16 Å². The molecular weight excluding hydrogens is 470 g/mol. The molecule has 0 radical (unpaired) electrons. The highest BCUT2D eigenvalue weighted by Crippen LogP contribution is 2.43. The van der Waals surface area contributed by atoms with Crippen LogP contribution in [-0.4, -0.2) is 91.9 Å². The Morgan fingerprint density at radius 2 is 2.23 bits per heavy atom. The van der Waals surface area contributed by atoms with E-state index in [0.29, 0.717) is 11.5 Å². The first kappa shape index (κ1) is 23.1. The van der Waals surface area contributed by atoms with Crippen LogP contribution in [0, 0.1) is 5.41 Å². The molecular formula is C16H19N5O7S3. The molecule has 3 heterocycles. The molecule has 168 valence electrons. The van der Waals surface area contributed by atoms with Gasteiger partial charge in [0.15, 0.2) is 10.8 Å². The lowest BCUT2D eigenvalue weighted by Gasteiger charge is -2.53. The molecule has 3 atom stereocenters. The molecule has 1 aromatic heterocycles. The Balaban J connectivity index is 1.71. The van der Waals surface area contributed by atoms with Crippen molar-refractivity contribution in [3.63, 3.8) is 0 Å². The summed E-state index contributed by atoms with van der Waals surface area (Å²) in [4.78, 5) is 57.9. The molecule has 0 aliphatic carbocycles. The molecule has 12 nitrogen and oxygen atoms in total. The maximum Gasteiger partial charge on any atom is 0.344 e. The zero-order valence-electron chi connectivity index (χ0n) is 16.1. The summed E-state index contributed by atoms with van der Waals surface area (Å²) < 4.78 is 0. The van der Waals surface area contributed by atoms with Crippen molar-refractivity contribution in [3.05, 3.63) is 11.1 Å². The Morgan fingerprint density at radius 3 is 2.81 bits per heavy atom. The molecule has 2 aliphatic rings. The topological polar surface area (TPSA) is 185 Å². The van der Waals surface area contributed by atoms with Gasteiger partial charge in [-0.05, 0) is 6.26 Å². The van der Waals surface area contributed by atoms with E-state index in [9.17, 15) is 24.3 Å². The number of nitrogens with one attached hydrogen (secondary N) is 1. The molecule has 0 bridgehead atoms. The molecule has 1 aromatic rings. The Labute approximate surface area is 188 Å². The Hall–Kier alpha value is -2.52. The second-order valence-corrected chi connectivity index (χ2v) is 9.68. The number of β-lactam (4-membered cyclic amide) rings is 1. The molecule has 0 spiro atoms. The molecule has 3 rings (SSSR count). The number of nitrogens with zero attached hydrogens (tertiary/aromatic N) is 3. The van der Waals surface area contributed by atoms with Crippen molar-refractivity contribution in [2.75, 3.05) is 36.6 Å². The van der Waals surface area contributed by atoms with Crippen LogP contribution in [-0.2, 0) is 24.0 Å². The number of oxime groups is 1. The summed E-state index contributed by atoms with van der Waals surface area (Å²) in [5.74, 6) is -2.76. The summed E-state index contributed by atoms with van der Waals surface area (Å²) in [5, 5.41) is 25.7. The highest BCUT2D eigenvalue weighted by Gasteiger charge is 2.57. The van der Waals surface area contributed by atoms with Crippen molar-refractivity contribution in [3.8, 4) is 0 Å². The number of hydrogen-bond acceptors (Lipinski definition) is 11. The molecule has 5 N–H and O–H groups in total. The molecule has 0 aromatic carbocycles. The van der Waals surface area contributed by atoms with Gasteiger partial charge in [-0.3, -0.25) is 14.4 Å². The Morgan fingerprint density at radius 1 is 1.48 bits per heavy atom. The lowest BCUT2D eigenvalue weighted by Crippen LogP contribution is -2.74. The van der Waals surface area contributed by atoms with Crippen LogP contribution in [0.2, 0.25) is 0 Å². The number of thioether (sulfide) groups is 2. The van der Waals surface area contributed by atoms with E-state index in [1.165, 1.54) is 33.8 Å². The van der Waals surface area contributed by atoms with Gasteiger partial charge in [0.25, 0.3) is 5.91 Å². The second kappa shape index (κ2) is 9.32. The number of thiazole rings is 1. The first-order valence-corrected chi connectivity index (χ1v) is 12.1. The Kier molecular flexibility index (Phi) is 6.96. The van der Waals surface area contributed by atoms with Crippen LogP contribution >= 0.6 is 34.9 Å². The number of nitrogen functional groups attached to an aromatic ring is 1. The number of rotatable bonds is 9. The van der Waals surface area contributed by atoms with Gasteiger partial charge >= 0.3 is 11.9 Å². The molecule has 2 unspecified atom stereocenters. The molecule has 31 heavy (non-hydrogen) atoms. The first-order chi connectivity index (χ1) is 14.7. The molecule has 2 amide bonds. The number of carboxylic acid groups (broad SMARTS) is 2. The van der Waals surface area contributed by atoms with E-state index in [-0.39, 0.29) is 23.1 Å². The largest absolute Gasteiger partial charge is 0.481 e. The third-order valence-electron chi connectivity index (χ3n) is 4.63. The summed E-state index contributed by atoms with van der Waals surface area (Å²) in [5.41, 5.74) is 4.31. The van der Waals surface area contributed by atoms with Crippen LogP contribution in [0.4, 0.5) is 5.13 Å². The minimum Gasteiger partial charge on any atom is -0.481 e. The van der Waals surface area contributed by atoms with E-state index in [1.54, 1.807) is 6.26 Å². The maximum absolute atomic E-state index is 12.8. The predicted molar refractivity (Wildman–Crippen MR) is 115 cm³/mol. The number of aliphatic carboxylic acids is 2. The monoisotopic (exact) mass is 489 g/mol. The maximum atomic E-state index is 12.8. The highest BCUT2D eigenvalue weighted by atomic mass is 32.2. The fourth-order valence-electron chi connectivity index (χ4n) is 3.14. The first-order valence-electron chi connectivity index (χ1n) is 8.77. The average Bonchev–Trinajstić information content (AvgIpc) is 3.14. The number of carboxylic acids is 2. The Bertz CT molecular complexity index is 938. The fraction of sp³-hybridized carbons (Fsp3) is 0.500. The quantitative estimate of drug-likeness (QED) is 0.196. The fourth-order valence-corrected chi connectivity index (χ4v) is 6.23. The molecule has 0 saturated carbocycles. The summed E-state index contributed by atoms with van der Waals surface area (Å²) in [6.45, 7) is -0.699. The van der Waals surface area contributed by atoms with Gasteiger partial charge in [-0.2, -0.15) is 11.8 Å². The average molecular weight is 490 g/mol. The van der Waals surface area contributed by atoms with Gasteiger partial charge < -0.3 is 31.0 Å². The lowest BCUT2D eigenvalue weighted by molar-refractivity contribution is -0.157. The normalized spacial score (nSPS) is 25.4. The van der Waals surface area contributed by atoms with Crippen molar-refractivity contribution in [1.29, 1.82) is 0 Å². The number of aromatic nitrogens is 1. The van der Waals surface area contributed by atoms with Gasteiger partial charge in [0.05, 0.1) is 0 Å². The highest BCUT2D eigenvalue weighted by molar-refractivity contribution is 8.00. The number of hydrogen-bond donors (Lipinski definition) is 4. The summed E-state index contributed by atoms with van der Waals surface area (Å²) >= 11 is 3.74. The smallest absolute Gasteiger partial charge is 0.344 e. The minimum absolute atomic E-state index is 0.0668. The van der Waals surface area contributed by atoms with E-state index >= 15 is 0 Å². The van der Waals surface area contributed by atoms with Gasteiger partial charge in [0, 0.05) is 23.4 Å². The number of fused-ring (bicyclic) bond motifs is 1. The van der Waals surface area contributed by atoms with Crippen molar-refractivity contribution in [2.45, 2.75) is 11.4 Å². The lowest BCUT2D eigenvalue weighted by atomic mass is 9.89. The number of carbonyl (C=O) groups excluding carboxylic acids is 2. The molecule has 15 heteroatoms. The van der Waals surface area contributed by atoms with Gasteiger partial charge in [0.1, 0.15) is 22.5 Å². The summed E-state index contributed by atoms with van der Waals surface area (Å²) in [7, 11) is 0. The number of anilines is 1. The van der Waals surface area contributed by atoms with Crippen LogP contribution in [0.3, 0.4) is 0 Å². The number of nitrogens with two attached hydrogens (primary N) is 1. The van der Waals surface area contributed by atoms with E-state index in [0.717, 1.165) is 11.3 Å². The van der Waals surface area contributed by atoms with Gasteiger partial charge in [-0.15, -0.1) is 23.1 Å². The molecule has 2 aliphatic heterocycles. The molecule has 2 saturated heterocycles. The van der Waals surface area contributed by atoms with Crippen molar-refractivity contribution in [1.82, 2.24) is 15.2 Å². The number of amides is 2. The van der Waals surface area contributed by atoms with Crippen LogP contribution in [0.1, 0.15) is 5.69 Å². The van der Waals surface area contributed by atoms with Crippen LogP contribution in [0.15, 0.2) is 10.5 Å². The third kappa shape index (κ3) is 4.72. The standard InChI is InChI=1S/C16H19N5O7S3/c1-29-5-16(14(26)27)4-21-12(25)10(13(21)31-6-16)19-11(24)9(20-28-2-8(22)23)7-3-30-15(17)18-7/h3,10,13H,2,4-6H2,1H3,(H2,17,18)(H,19,24)(H,22,23)(H,26,27)/t10?,13-,16?/m1/s1. The van der Waals surface area contributed by atoms with Gasteiger partial charge in [-0.25, -0.2) is 9.78 Å². The number of carbonyl (C=O) groups is 4.